The zero-order valence-electron chi connectivity index (χ0n) is 12.1. The topological polar surface area (TPSA) is 60.7 Å². The van der Waals surface area contributed by atoms with Crippen LogP contribution in [0.4, 0.5) is 4.39 Å². The molecule has 1 aromatic rings. The van der Waals surface area contributed by atoms with E-state index in [1.165, 1.54) is 12.1 Å². The van der Waals surface area contributed by atoms with Crippen molar-refractivity contribution in [1.82, 2.24) is 0 Å². The van der Waals surface area contributed by atoms with Gasteiger partial charge in [0.1, 0.15) is 11.9 Å². The van der Waals surface area contributed by atoms with Crippen LogP contribution in [0.3, 0.4) is 0 Å². The molecule has 6 heteroatoms. The van der Waals surface area contributed by atoms with Gasteiger partial charge >= 0.3 is 0 Å². The molecule has 1 aromatic carbocycles. The van der Waals surface area contributed by atoms with Crippen LogP contribution in [0.25, 0.3) is 0 Å². The molecule has 0 aromatic heterocycles. The van der Waals surface area contributed by atoms with E-state index in [-0.39, 0.29) is 5.56 Å². The second-order valence-corrected chi connectivity index (χ2v) is 4.20. The van der Waals surface area contributed by atoms with Crippen molar-refractivity contribution in [2.75, 3.05) is 46.8 Å². The molecular weight excluding hydrogens is 277 g/mol. The zero-order chi connectivity index (χ0) is 15.3. The molecule has 21 heavy (non-hydrogen) atoms. The SMILES string of the molecule is COCCOCCOCCOCc1ccc(F)c(C#N)c1. The monoisotopic (exact) mass is 297 g/mol. The molecule has 0 aliphatic heterocycles. The van der Waals surface area contributed by atoms with E-state index in [0.29, 0.717) is 46.2 Å². The molecule has 0 atom stereocenters. The molecule has 0 saturated heterocycles. The zero-order valence-corrected chi connectivity index (χ0v) is 12.1. The molecule has 0 amide bonds. The molecule has 0 radical (unpaired) electrons. The molecule has 0 spiro atoms. The Bertz CT molecular complexity index is 448. The maximum atomic E-state index is 13.1. The lowest BCUT2D eigenvalue weighted by Crippen LogP contribution is -2.11. The quantitative estimate of drug-likeness (QED) is 0.584. The summed E-state index contributed by atoms with van der Waals surface area (Å²) in [6.45, 7) is 3.36. The fraction of sp³-hybridized carbons (Fsp3) is 0.533. The van der Waals surface area contributed by atoms with Gasteiger partial charge in [0.25, 0.3) is 0 Å². The van der Waals surface area contributed by atoms with Gasteiger partial charge < -0.3 is 18.9 Å². The number of halogens is 1. The molecular formula is C15H20FNO4. The summed E-state index contributed by atoms with van der Waals surface area (Å²) in [6, 6.07) is 6.15. The maximum Gasteiger partial charge on any atom is 0.140 e. The van der Waals surface area contributed by atoms with Crippen molar-refractivity contribution in [1.29, 1.82) is 5.26 Å². The Kier molecular flexibility index (Phi) is 9.33. The highest BCUT2D eigenvalue weighted by atomic mass is 19.1. The van der Waals surface area contributed by atoms with Gasteiger partial charge in [0.15, 0.2) is 0 Å². The summed E-state index contributed by atoms with van der Waals surface area (Å²) in [5.41, 5.74) is 0.788. The van der Waals surface area contributed by atoms with Crippen LogP contribution in [0.1, 0.15) is 11.1 Å². The third-order valence-corrected chi connectivity index (χ3v) is 2.60. The van der Waals surface area contributed by atoms with E-state index in [4.69, 9.17) is 24.2 Å². The molecule has 0 bridgehead atoms. The second-order valence-electron chi connectivity index (χ2n) is 4.20. The van der Waals surface area contributed by atoms with Gasteiger partial charge in [-0.25, -0.2) is 4.39 Å². The van der Waals surface area contributed by atoms with E-state index in [2.05, 4.69) is 0 Å². The van der Waals surface area contributed by atoms with Crippen molar-refractivity contribution < 1.29 is 23.3 Å². The number of hydrogen-bond acceptors (Lipinski definition) is 5. The Morgan fingerprint density at radius 2 is 1.62 bits per heavy atom. The third-order valence-electron chi connectivity index (χ3n) is 2.60. The molecule has 5 nitrogen and oxygen atoms in total. The van der Waals surface area contributed by atoms with E-state index in [1.807, 2.05) is 0 Å². The van der Waals surface area contributed by atoms with Crippen LogP contribution in [0, 0.1) is 17.1 Å². The van der Waals surface area contributed by atoms with Crippen LogP contribution in [-0.4, -0.2) is 46.8 Å². The van der Waals surface area contributed by atoms with Gasteiger partial charge in [0, 0.05) is 7.11 Å². The van der Waals surface area contributed by atoms with Crippen LogP contribution >= 0.6 is 0 Å². The lowest BCUT2D eigenvalue weighted by molar-refractivity contribution is 0.000861. The largest absolute Gasteiger partial charge is 0.382 e. The number of nitrogens with zero attached hydrogens (tertiary/aromatic N) is 1. The van der Waals surface area contributed by atoms with Crippen molar-refractivity contribution in [3.8, 4) is 6.07 Å². The fourth-order valence-corrected chi connectivity index (χ4v) is 1.52. The van der Waals surface area contributed by atoms with Crippen LogP contribution in [0.2, 0.25) is 0 Å². The van der Waals surface area contributed by atoms with Crippen molar-refractivity contribution in [2.45, 2.75) is 6.61 Å². The average molecular weight is 297 g/mol. The summed E-state index contributed by atoms with van der Waals surface area (Å²) in [5, 5.41) is 8.72. The Labute approximate surface area is 124 Å². The molecule has 0 aliphatic rings. The Morgan fingerprint density at radius 1 is 1.00 bits per heavy atom. The average Bonchev–Trinajstić information content (AvgIpc) is 2.50. The first-order valence-corrected chi connectivity index (χ1v) is 6.68. The van der Waals surface area contributed by atoms with Crippen molar-refractivity contribution in [3.05, 3.63) is 35.1 Å². The normalized spacial score (nSPS) is 10.5. The fourth-order valence-electron chi connectivity index (χ4n) is 1.52. The predicted octanol–water partition coefficient (Wildman–Crippen LogP) is 1.89. The number of rotatable bonds is 11. The molecule has 0 N–H and O–H groups in total. The van der Waals surface area contributed by atoms with Crippen LogP contribution in [0.15, 0.2) is 18.2 Å². The lowest BCUT2D eigenvalue weighted by atomic mass is 10.1. The number of benzene rings is 1. The van der Waals surface area contributed by atoms with E-state index in [1.54, 1.807) is 19.2 Å². The third kappa shape index (κ3) is 7.73. The van der Waals surface area contributed by atoms with Crippen molar-refractivity contribution in [2.24, 2.45) is 0 Å². The number of nitriles is 1. The first-order chi connectivity index (χ1) is 10.3. The van der Waals surface area contributed by atoms with Crippen molar-refractivity contribution >= 4 is 0 Å². The Balaban J connectivity index is 2.03. The van der Waals surface area contributed by atoms with Gasteiger partial charge in [-0.2, -0.15) is 5.26 Å². The van der Waals surface area contributed by atoms with Crippen molar-refractivity contribution in [3.63, 3.8) is 0 Å². The van der Waals surface area contributed by atoms with Crippen LogP contribution in [-0.2, 0) is 25.6 Å². The summed E-state index contributed by atoms with van der Waals surface area (Å²) in [4.78, 5) is 0. The van der Waals surface area contributed by atoms with E-state index in [0.717, 1.165) is 5.56 Å². The van der Waals surface area contributed by atoms with Gasteiger partial charge in [-0.3, -0.25) is 0 Å². The van der Waals surface area contributed by atoms with E-state index in [9.17, 15) is 4.39 Å². The van der Waals surface area contributed by atoms with Gasteiger partial charge in [-0.1, -0.05) is 6.07 Å². The summed E-state index contributed by atoms with van der Waals surface area (Å²) in [6.07, 6.45) is 0. The predicted molar refractivity (Wildman–Crippen MR) is 74.3 cm³/mol. The summed E-state index contributed by atoms with van der Waals surface area (Å²) >= 11 is 0. The molecule has 0 aliphatic carbocycles. The van der Waals surface area contributed by atoms with Gasteiger partial charge in [0.2, 0.25) is 0 Å². The van der Waals surface area contributed by atoms with E-state index < -0.39 is 5.82 Å². The minimum Gasteiger partial charge on any atom is -0.382 e. The number of ether oxygens (including phenoxy) is 4. The Hall–Kier alpha value is -1.52. The highest BCUT2D eigenvalue weighted by Gasteiger charge is 2.02. The molecule has 0 fully saturated rings. The summed E-state index contributed by atoms with van der Waals surface area (Å²) in [5.74, 6) is -0.516. The minimum atomic E-state index is -0.516. The number of methoxy groups -OCH3 is 1. The molecule has 1 rings (SSSR count). The van der Waals surface area contributed by atoms with Gasteiger partial charge in [-0.15, -0.1) is 0 Å². The molecule has 116 valence electrons. The summed E-state index contributed by atoms with van der Waals surface area (Å²) < 4.78 is 33.9. The first-order valence-electron chi connectivity index (χ1n) is 6.68. The molecule has 0 unspecified atom stereocenters. The Morgan fingerprint density at radius 3 is 2.24 bits per heavy atom. The standard InChI is InChI=1S/C15H20FNO4/c1-18-4-5-19-6-7-20-8-9-21-12-13-2-3-15(16)14(10-13)11-17/h2-3,10H,4-9,12H2,1H3. The lowest BCUT2D eigenvalue weighted by Gasteiger charge is -2.07. The van der Waals surface area contributed by atoms with Gasteiger partial charge in [-0.05, 0) is 17.7 Å². The van der Waals surface area contributed by atoms with Crippen LogP contribution < -0.4 is 0 Å². The minimum absolute atomic E-state index is 0.0283. The first kappa shape index (κ1) is 17.5. The van der Waals surface area contributed by atoms with Crippen LogP contribution in [0.5, 0.6) is 0 Å². The smallest absolute Gasteiger partial charge is 0.140 e. The van der Waals surface area contributed by atoms with E-state index >= 15 is 0 Å². The maximum absolute atomic E-state index is 13.1. The summed E-state index contributed by atoms with van der Waals surface area (Å²) in [7, 11) is 1.62. The number of hydrogen-bond donors (Lipinski definition) is 0. The highest BCUT2D eigenvalue weighted by Crippen LogP contribution is 2.10. The van der Waals surface area contributed by atoms with Gasteiger partial charge in [0.05, 0.1) is 51.8 Å². The molecule has 0 heterocycles. The molecule has 0 saturated carbocycles. The highest BCUT2D eigenvalue weighted by molar-refractivity contribution is 5.34. The second kappa shape index (κ2) is 11.2.